The molecule has 4 aliphatic heterocycles. The van der Waals surface area contributed by atoms with Gasteiger partial charge in [0.15, 0.2) is 36.5 Å². The average molecular weight is 1130 g/mol. The zero-order chi connectivity index (χ0) is 59.3. The number of aliphatic hydroxyl groups is 3. The molecule has 3 saturated heterocycles. The van der Waals surface area contributed by atoms with Crippen LogP contribution in [-0.4, -0.2) is 206 Å². The Kier molecular flexibility index (Phi) is 24.8. The fourth-order valence-electron chi connectivity index (χ4n) is 10.9. The number of hydrogen-bond acceptors (Lipinski definition) is 22. The van der Waals surface area contributed by atoms with Gasteiger partial charge in [-0.3, -0.25) is 19.2 Å². The van der Waals surface area contributed by atoms with Gasteiger partial charge in [0.25, 0.3) is 5.91 Å². The van der Waals surface area contributed by atoms with Crippen molar-refractivity contribution in [2.75, 3.05) is 35.3 Å². The van der Waals surface area contributed by atoms with Gasteiger partial charge in [0.2, 0.25) is 0 Å². The van der Waals surface area contributed by atoms with E-state index in [0.29, 0.717) is 19.1 Å². The summed E-state index contributed by atoms with van der Waals surface area (Å²) in [6.07, 6.45) is -5.05. The Balaban J connectivity index is 1.59. The van der Waals surface area contributed by atoms with E-state index in [-0.39, 0.29) is 54.4 Å². The molecule has 23 heteroatoms. The molecule has 0 saturated carbocycles. The first-order chi connectivity index (χ1) is 37.6. The van der Waals surface area contributed by atoms with E-state index in [9.17, 15) is 44.1 Å². The van der Waals surface area contributed by atoms with Crippen molar-refractivity contribution >= 4 is 36.1 Å². The molecule has 20 atom stereocenters. The minimum absolute atomic E-state index is 0.134. The van der Waals surface area contributed by atoms with Gasteiger partial charge in [-0.2, -0.15) is 0 Å². The predicted molar refractivity (Wildman–Crippen MR) is 287 cm³/mol. The first kappa shape index (κ1) is 66.0. The van der Waals surface area contributed by atoms with Crippen LogP contribution in [0.3, 0.4) is 0 Å². The Hall–Kier alpha value is -4.76. The largest absolute Gasteiger partial charge is 0.462 e. The van der Waals surface area contributed by atoms with Crippen molar-refractivity contribution in [3.8, 4) is 11.5 Å². The third-order valence-corrected chi connectivity index (χ3v) is 15.0. The molecule has 4 N–H and O–H groups in total. The van der Waals surface area contributed by atoms with Gasteiger partial charge in [-0.25, -0.2) is 4.79 Å². The maximum absolute atomic E-state index is 14.6. The van der Waals surface area contributed by atoms with Crippen molar-refractivity contribution in [1.82, 2.24) is 15.1 Å². The van der Waals surface area contributed by atoms with Crippen LogP contribution in [0.15, 0.2) is 42.5 Å². The van der Waals surface area contributed by atoms with Crippen molar-refractivity contribution in [2.24, 2.45) is 11.8 Å². The average Bonchev–Trinajstić information content (AvgIpc) is 3.41. The van der Waals surface area contributed by atoms with Gasteiger partial charge >= 0.3 is 23.9 Å². The van der Waals surface area contributed by atoms with Gasteiger partial charge in [0.05, 0.1) is 60.3 Å². The van der Waals surface area contributed by atoms with Crippen molar-refractivity contribution < 1.29 is 96.2 Å². The van der Waals surface area contributed by atoms with Gasteiger partial charge < -0.3 is 87.3 Å². The monoisotopic (exact) mass is 1130 g/mol. The molecule has 0 spiro atoms. The number of allylic oxidation sites excluding steroid dienone is 2. The molecule has 0 aromatic heterocycles. The lowest BCUT2D eigenvalue weighted by molar-refractivity contribution is -0.345. The summed E-state index contributed by atoms with van der Waals surface area (Å²) in [6, 6.07) is 1.74. The van der Waals surface area contributed by atoms with E-state index in [1.807, 2.05) is 52.2 Å². The van der Waals surface area contributed by atoms with E-state index in [4.69, 9.17) is 52.1 Å². The van der Waals surface area contributed by atoms with Crippen LogP contribution in [0.4, 0.5) is 0 Å². The number of para-hydroxylation sites is 1. The number of aliphatic hydroxyl groups excluding tert-OH is 2. The normalized spacial score (nSPS) is 36.9. The predicted octanol–water partition coefficient (Wildman–Crippen LogP) is 3.55. The zero-order valence-corrected chi connectivity index (χ0v) is 48.7. The summed E-state index contributed by atoms with van der Waals surface area (Å²) in [5, 5.41) is 36.7. The van der Waals surface area contributed by atoms with Crippen LogP contribution in [0.5, 0.6) is 11.5 Å². The summed E-state index contributed by atoms with van der Waals surface area (Å²) in [6.45, 7) is 14.0. The number of rotatable bonds is 17. The number of aldehydes is 1. The first-order valence-corrected chi connectivity index (χ1v) is 27.5. The van der Waals surface area contributed by atoms with Crippen LogP contribution in [0.1, 0.15) is 118 Å². The molecule has 5 rings (SSSR count). The lowest BCUT2D eigenvalue weighted by atomic mass is 9.82. The molecule has 0 aliphatic carbocycles. The molecular weight excluding hydrogens is 1050 g/mol. The first-order valence-electron chi connectivity index (χ1n) is 27.5. The van der Waals surface area contributed by atoms with Crippen molar-refractivity contribution in [3.05, 3.63) is 48.1 Å². The second kappa shape index (κ2) is 30.0. The topological polar surface area (TPSA) is 283 Å². The van der Waals surface area contributed by atoms with E-state index in [0.717, 1.165) is 20.3 Å². The Morgan fingerprint density at radius 2 is 1.54 bits per heavy atom. The highest BCUT2D eigenvalue weighted by Crippen LogP contribution is 2.39. The van der Waals surface area contributed by atoms with Gasteiger partial charge in [-0.1, -0.05) is 37.3 Å². The summed E-state index contributed by atoms with van der Waals surface area (Å²) >= 11 is 0. The fraction of sp³-hybridized carbons (Fsp3) is 0.719. The smallest absolute Gasteiger partial charge is 0.328 e. The highest BCUT2D eigenvalue weighted by atomic mass is 16.7. The van der Waals surface area contributed by atoms with E-state index in [1.54, 1.807) is 39.8 Å². The minimum atomic E-state index is -1.63. The van der Waals surface area contributed by atoms with E-state index in [1.165, 1.54) is 39.2 Å². The van der Waals surface area contributed by atoms with Crippen LogP contribution >= 0.6 is 0 Å². The molecule has 450 valence electrons. The van der Waals surface area contributed by atoms with Crippen molar-refractivity contribution in [1.29, 1.82) is 0 Å². The number of carbonyl (C=O) groups excluding carboxylic acids is 6. The Morgan fingerprint density at radius 1 is 0.850 bits per heavy atom. The lowest BCUT2D eigenvalue weighted by Gasteiger charge is -2.51. The molecule has 4 aliphatic rings. The van der Waals surface area contributed by atoms with Crippen LogP contribution in [-0.2, 0) is 66.6 Å². The van der Waals surface area contributed by atoms with E-state index >= 15 is 0 Å². The van der Waals surface area contributed by atoms with Crippen LogP contribution in [0.2, 0.25) is 0 Å². The highest BCUT2D eigenvalue weighted by molar-refractivity contribution is 6.00. The van der Waals surface area contributed by atoms with Gasteiger partial charge in [0.1, 0.15) is 36.7 Å². The molecule has 1 aromatic carbocycles. The number of nitrogens with one attached hydrogen (secondary N) is 1. The summed E-state index contributed by atoms with van der Waals surface area (Å²) < 4.78 is 68.3. The third-order valence-electron chi connectivity index (χ3n) is 15.0. The van der Waals surface area contributed by atoms with E-state index < -0.39 is 140 Å². The number of cyclic esters (lactones) is 1. The van der Waals surface area contributed by atoms with Crippen LogP contribution < -0.4 is 14.8 Å². The van der Waals surface area contributed by atoms with Crippen LogP contribution in [0, 0.1) is 11.8 Å². The van der Waals surface area contributed by atoms with Crippen molar-refractivity contribution in [3.63, 3.8) is 0 Å². The molecule has 4 heterocycles. The molecule has 0 radical (unpaired) electrons. The molecule has 1 amide bonds. The molecule has 3 fully saturated rings. The molecular formula is C57H87N3O20. The minimum Gasteiger partial charge on any atom is -0.462 e. The van der Waals surface area contributed by atoms with Gasteiger partial charge in [-0.05, 0) is 113 Å². The second-order valence-corrected chi connectivity index (χ2v) is 22.2. The second-order valence-electron chi connectivity index (χ2n) is 22.2. The molecule has 1 aromatic rings. The van der Waals surface area contributed by atoms with Gasteiger partial charge in [-0.15, -0.1) is 0 Å². The van der Waals surface area contributed by atoms with Crippen LogP contribution in [0.25, 0.3) is 0 Å². The Labute approximate surface area is 469 Å². The summed E-state index contributed by atoms with van der Waals surface area (Å²) in [7, 11) is 8.72. The van der Waals surface area contributed by atoms with Crippen molar-refractivity contribution in [2.45, 2.75) is 217 Å². The number of nitrogens with zero attached hydrogens (tertiary/aromatic N) is 2. The number of esters is 4. The lowest BCUT2D eigenvalue weighted by Crippen LogP contribution is -2.67. The number of likely N-dealkylation sites (N-methyl/N-ethyl adjacent to an activating group) is 2. The maximum Gasteiger partial charge on any atom is 0.328 e. The maximum atomic E-state index is 14.6. The number of hydrogen-bond donors (Lipinski definition) is 4. The van der Waals surface area contributed by atoms with Gasteiger partial charge in [0, 0.05) is 46.3 Å². The fourth-order valence-corrected chi connectivity index (χ4v) is 10.9. The Morgan fingerprint density at radius 3 is 2.15 bits per heavy atom. The summed E-state index contributed by atoms with van der Waals surface area (Å²) in [5.41, 5.74) is -1.89. The number of methoxy groups -OCH3 is 1. The highest BCUT2D eigenvalue weighted by Gasteiger charge is 2.54. The molecule has 0 unspecified atom stereocenters. The van der Waals surface area contributed by atoms with E-state index in [2.05, 4.69) is 10.2 Å². The quantitative estimate of drug-likeness (QED) is 0.0986. The standard InChI is InChI=1S/C57H87N3O20/c1-30-27-38(25-26-61)49(51(70-14)41(64)28-44(65)71-31(2)19-16-15-17-21-42(30)77-45-24-23-40(59(10)11)33(4)72-45)80-56-52(47(60(12)13)48(34(5)74-56)78-46-29-57(9,69)53(66)35(6)73-46)79-55(68)32(3)58-54(67)39-20-18-22-43(75-36(7)62)50(39)76-37(8)63/h15-18,20-22,26,30-35,38,40-42,45-49,51-53,56,64,66,69H,19,23-25,27-29H2,1-14H3,(H,58,67)/b16-15+,21-17+/t30-,31-,32-,33-,34-,35+,38+,40+,41-,42+,45+,46+,47+,48-,49+,51+,52-,53+,56+,57-/m1/s1. The SMILES string of the molecule is CO[C@@H]1[C@@H](O[C@@H]2O[C@H](C)[C@@H](O[C@H]3C[C@@](C)(O)[C@@H](O)[C@H](C)O3)[C@H](N(C)C)[C@H]2OC(=O)[C@@H](C)NC(=O)c2cccc(OC(C)=O)c2OC(C)=O)[C@@H](CC=O)C[C@@H](C)[C@@H](O[C@H]2CC[C@H](N(C)C)[C@@H](C)O2)/C=C/C=C/C[C@@H](C)OC(=O)C[C@H]1O. The number of amides is 1. The number of benzene rings is 1. The Bertz CT molecular complexity index is 2290. The molecule has 80 heavy (non-hydrogen) atoms. The number of ether oxygens (including phenoxy) is 11. The molecule has 0 bridgehead atoms. The molecule has 23 nitrogen and oxygen atoms in total. The third kappa shape index (κ3) is 17.9. The zero-order valence-electron chi connectivity index (χ0n) is 48.7. The summed E-state index contributed by atoms with van der Waals surface area (Å²) in [5.74, 6) is -6.02. The summed E-state index contributed by atoms with van der Waals surface area (Å²) in [4.78, 5) is 83.0. The number of carbonyl (C=O) groups is 6.